The molecular formula is C41H66O6. The number of aliphatic carboxylic acids is 1. The molecular weight excluding hydrogens is 588 g/mol. The molecule has 0 aromatic carbocycles. The van der Waals surface area contributed by atoms with Crippen molar-refractivity contribution in [3.05, 3.63) is 12.2 Å². The van der Waals surface area contributed by atoms with E-state index in [2.05, 4.69) is 48.1 Å². The molecule has 0 saturated heterocycles. The third-order valence-corrected chi connectivity index (χ3v) is 15.3. The third-order valence-electron chi connectivity index (χ3n) is 15.3. The van der Waals surface area contributed by atoms with Crippen LogP contribution in [0, 0.1) is 62.1 Å². The number of carboxylic acids is 1. The zero-order valence-corrected chi connectivity index (χ0v) is 31.6. The first-order valence-electron chi connectivity index (χ1n) is 18.7. The number of hydrogen-bond donors (Lipinski definition) is 1. The number of carboxylic acid groups (broad SMARTS) is 1. The maximum Gasteiger partial charge on any atom is 0.312 e. The monoisotopic (exact) mass is 654 g/mol. The Kier molecular flexibility index (Phi) is 9.00. The summed E-state index contributed by atoms with van der Waals surface area (Å²) in [7, 11) is 0. The number of carbonyl (C=O) groups excluding carboxylic acids is 2. The molecule has 0 aromatic heterocycles. The number of allylic oxidation sites excluding steroid dienone is 1. The fourth-order valence-electron chi connectivity index (χ4n) is 13.1. The lowest BCUT2D eigenvalue weighted by atomic mass is 9.32. The first-order chi connectivity index (χ1) is 21.4. The van der Waals surface area contributed by atoms with Crippen LogP contribution in [0.3, 0.4) is 0 Å². The van der Waals surface area contributed by atoms with Gasteiger partial charge in [-0.2, -0.15) is 0 Å². The minimum atomic E-state index is -0.887. The highest BCUT2D eigenvalue weighted by Crippen LogP contribution is 2.77. The van der Waals surface area contributed by atoms with E-state index in [0.717, 1.165) is 57.8 Å². The number of carbonyl (C=O) groups is 3. The topological polar surface area (TPSA) is 89.9 Å². The average Bonchev–Trinajstić information content (AvgIpc) is 3.30. The van der Waals surface area contributed by atoms with Gasteiger partial charge < -0.3 is 14.6 Å². The highest BCUT2D eigenvalue weighted by atomic mass is 16.6. The van der Waals surface area contributed by atoms with Crippen LogP contribution in [0.15, 0.2) is 12.2 Å². The van der Waals surface area contributed by atoms with Crippen LogP contribution in [0.2, 0.25) is 0 Å². The van der Waals surface area contributed by atoms with E-state index >= 15 is 0 Å². The maximum atomic E-state index is 14.2. The minimum absolute atomic E-state index is 0.0321. The quantitative estimate of drug-likeness (QED) is 0.217. The van der Waals surface area contributed by atoms with E-state index in [1.165, 1.54) is 12.0 Å². The minimum Gasteiger partial charge on any atom is -0.481 e. The van der Waals surface area contributed by atoms with Gasteiger partial charge >= 0.3 is 17.9 Å². The number of rotatable bonds is 7. The summed E-state index contributed by atoms with van der Waals surface area (Å²) in [5, 5.41) is 9.31. The van der Waals surface area contributed by atoms with Gasteiger partial charge in [-0.25, -0.2) is 0 Å². The van der Waals surface area contributed by atoms with Crippen molar-refractivity contribution in [1.29, 1.82) is 0 Å². The van der Waals surface area contributed by atoms with Gasteiger partial charge in [-0.3, -0.25) is 14.4 Å². The van der Waals surface area contributed by atoms with Crippen LogP contribution in [-0.4, -0.2) is 34.7 Å². The summed E-state index contributed by atoms with van der Waals surface area (Å²) in [6.07, 6.45) is 10.3. The lowest BCUT2D eigenvalue weighted by molar-refractivity contribution is -0.252. The van der Waals surface area contributed by atoms with Gasteiger partial charge in [0.15, 0.2) is 0 Å². The highest BCUT2D eigenvalue weighted by molar-refractivity contribution is 5.79. The van der Waals surface area contributed by atoms with E-state index in [-0.39, 0.29) is 58.5 Å². The number of fused-ring (bicyclic) bond motifs is 7. The van der Waals surface area contributed by atoms with Crippen LogP contribution in [-0.2, 0) is 23.9 Å². The summed E-state index contributed by atoms with van der Waals surface area (Å²) in [5.74, 6) is 0.994. The fraction of sp³-hybridized carbons (Fsp3) is 0.878. The van der Waals surface area contributed by atoms with Crippen LogP contribution in [0.1, 0.15) is 153 Å². The van der Waals surface area contributed by atoms with E-state index < -0.39 is 22.4 Å². The van der Waals surface area contributed by atoms with Gasteiger partial charge in [0.2, 0.25) is 0 Å². The first-order valence-corrected chi connectivity index (χ1v) is 18.7. The Morgan fingerprint density at radius 2 is 1.45 bits per heavy atom. The molecule has 6 nitrogen and oxygen atoms in total. The van der Waals surface area contributed by atoms with Crippen molar-refractivity contribution in [1.82, 2.24) is 0 Å². The molecule has 266 valence electrons. The number of esters is 2. The van der Waals surface area contributed by atoms with Crippen LogP contribution < -0.4 is 0 Å². The molecule has 0 radical (unpaired) electrons. The Morgan fingerprint density at radius 3 is 2.04 bits per heavy atom. The number of hydrogen-bond acceptors (Lipinski definition) is 5. The predicted octanol–water partition coefficient (Wildman–Crippen LogP) is 9.79. The first kappa shape index (κ1) is 36.4. The smallest absolute Gasteiger partial charge is 0.312 e. The van der Waals surface area contributed by atoms with Crippen molar-refractivity contribution in [3.63, 3.8) is 0 Å². The largest absolute Gasteiger partial charge is 0.481 e. The molecule has 5 fully saturated rings. The predicted molar refractivity (Wildman–Crippen MR) is 185 cm³/mol. The van der Waals surface area contributed by atoms with E-state index in [1.807, 2.05) is 34.6 Å². The van der Waals surface area contributed by atoms with Crippen LogP contribution in [0.25, 0.3) is 0 Å². The van der Waals surface area contributed by atoms with Crippen molar-refractivity contribution < 1.29 is 29.0 Å². The Hall–Kier alpha value is -1.85. The molecule has 5 aliphatic carbocycles. The molecule has 10 atom stereocenters. The van der Waals surface area contributed by atoms with Gasteiger partial charge in [0, 0.05) is 5.41 Å². The molecule has 0 bridgehead atoms. The van der Waals surface area contributed by atoms with E-state index in [4.69, 9.17) is 9.47 Å². The van der Waals surface area contributed by atoms with E-state index in [9.17, 15) is 19.5 Å². The molecule has 1 N–H and O–H groups in total. The second kappa shape index (κ2) is 11.6. The van der Waals surface area contributed by atoms with Gasteiger partial charge in [0.05, 0.1) is 18.3 Å². The van der Waals surface area contributed by atoms with Crippen molar-refractivity contribution in [2.75, 3.05) is 0 Å². The Morgan fingerprint density at radius 1 is 0.787 bits per heavy atom. The fourth-order valence-corrected chi connectivity index (χ4v) is 13.1. The summed E-state index contributed by atoms with van der Waals surface area (Å²) in [6.45, 7) is 28.7. The van der Waals surface area contributed by atoms with E-state index in [0.29, 0.717) is 23.7 Å². The highest BCUT2D eigenvalue weighted by Gasteiger charge is 2.72. The van der Waals surface area contributed by atoms with Gasteiger partial charge in [-0.15, -0.1) is 0 Å². The Bertz CT molecular complexity index is 1290. The Labute approximate surface area is 285 Å². The summed E-state index contributed by atoms with van der Waals surface area (Å²) in [6, 6.07) is 0. The summed E-state index contributed by atoms with van der Waals surface area (Å²) in [5.41, 5.74) is -0.0650. The molecule has 0 spiro atoms. The lowest BCUT2D eigenvalue weighted by Crippen LogP contribution is -2.67. The molecule has 0 aromatic rings. The molecule has 0 amide bonds. The van der Waals surface area contributed by atoms with Crippen LogP contribution in [0.4, 0.5) is 0 Å². The molecule has 0 aliphatic heterocycles. The van der Waals surface area contributed by atoms with Crippen molar-refractivity contribution >= 4 is 17.9 Å². The van der Waals surface area contributed by atoms with Gasteiger partial charge in [0.1, 0.15) is 11.7 Å². The molecule has 5 saturated carbocycles. The summed E-state index contributed by atoms with van der Waals surface area (Å²) >= 11 is 0. The maximum absolute atomic E-state index is 14.2. The second-order valence-electron chi connectivity index (χ2n) is 20.1. The van der Waals surface area contributed by atoms with Crippen LogP contribution >= 0.6 is 0 Å². The Balaban J connectivity index is 1.41. The molecule has 5 aliphatic rings. The second-order valence-corrected chi connectivity index (χ2v) is 20.1. The molecule has 0 heterocycles. The van der Waals surface area contributed by atoms with Crippen molar-refractivity contribution in [3.8, 4) is 0 Å². The zero-order chi connectivity index (χ0) is 35.2. The van der Waals surface area contributed by atoms with Crippen molar-refractivity contribution in [2.45, 2.75) is 165 Å². The lowest BCUT2D eigenvalue weighted by Gasteiger charge is -2.72. The van der Waals surface area contributed by atoms with Gasteiger partial charge in [-0.05, 0) is 143 Å². The summed E-state index contributed by atoms with van der Waals surface area (Å²) in [4.78, 5) is 38.7. The van der Waals surface area contributed by atoms with Crippen LogP contribution in [0.5, 0.6) is 0 Å². The van der Waals surface area contributed by atoms with E-state index in [1.54, 1.807) is 0 Å². The molecule has 5 rings (SSSR count). The normalized spacial score (nSPS) is 42.6. The average molecular weight is 655 g/mol. The SMILES string of the molecule is C=C(C)[C@@H]1CC[C@]2(C(=O)OC(C)(C)C)CC[C@]3(C)[C@H](CC[C@@H]4[C@@]5(C)CC[C@H](OC(=O)CC(C)(C)CC(=O)O)C(C)(C)[C@@H]5CC[C@]43C)[C@@H]12. The van der Waals surface area contributed by atoms with Crippen molar-refractivity contribution in [2.24, 2.45) is 62.1 Å². The molecule has 47 heavy (non-hydrogen) atoms. The molecule has 6 heteroatoms. The third kappa shape index (κ3) is 5.81. The zero-order valence-electron chi connectivity index (χ0n) is 31.6. The molecule has 0 unspecified atom stereocenters. The van der Waals surface area contributed by atoms with Gasteiger partial charge in [-0.1, -0.05) is 60.6 Å². The van der Waals surface area contributed by atoms with Gasteiger partial charge in [0.25, 0.3) is 0 Å². The standard InChI is InChI=1S/C41H66O6/c1-25(2)26-15-20-41(34(45)47-35(3,4)5)22-21-39(11)27(33(26)41)13-14-29-38(10)18-17-30(37(8,9)28(38)16-19-40(29,39)12)46-32(44)24-36(6,7)23-31(42)43/h26-30,33H,1,13-24H2,2-12H3,(H,42,43)/t26-,27+,28-,29+,30-,33+,38-,39+,40+,41-/m0/s1. The number of ether oxygens (including phenoxy) is 2. The summed E-state index contributed by atoms with van der Waals surface area (Å²) < 4.78 is 12.5.